The second-order valence-electron chi connectivity index (χ2n) is 3.81. The fourth-order valence-corrected chi connectivity index (χ4v) is 1.95. The molecule has 3 nitrogen and oxygen atoms in total. The first kappa shape index (κ1) is 10.2. The minimum atomic E-state index is -0.457. The summed E-state index contributed by atoms with van der Waals surface area (Å²) in [7, 11) is 1.99. The van der Waals surface area contributed by atoms with Gasteiger partial charge in [-0.3, -0.25) is 0 Å². The van der Waals surface area contributed by atoms with Gasteiger partial charge < -0.3 is 15.4 Å². The Morgan fingerprint density at radius 1 is 1.40 bits per heavy atom. The first-order valence-corrected chi connectivity index (χ1v) is 5.16. The van der Waals surface area contributed by atoms with Crippen LogP contribution in [-0.4, -0.2) is 16.2 Å². The summed E-state index contributed by atoms with van der Waals surface area (Å²) in [5, 5.41) is 11.1. The molecule has 1 aromatic carbocycles. The van der Waals surface area contributed by atoms with E-state index in [1.807, 2.05) is 42.1 Å². The van der Waals surface area contributed by atoms with Gasteiger partial charge in [0, 0.05) is 29.7 Å². The highest BCUT2D eigenvalue weighted by Gasteiger charge is 2.13. The molecule has 0 saturated carbocycles. The van der Waals surface area contributed by atoms with Gasteiger partial charge in [0.2, 0.25) is 0 Å². The molecule has 80 valence electrons. The van der Waals surface area contributed by atoms with Gasteiger partial charge in [-0.25, -0.2) is 0 Å². The molecule has 0 aliphatic carbocycles. The maximum atomic E-state index is 9.94. The van der Waals surface area contributed by atoms with E-state index in [2.05, 4.69) is 0 Å². The molecule has 0 saturated heterocycles. The van der Waals surface area contributed by atoms with Crippen molar-refractivity contribution in [1.29, 1.82) is 0 Å². The summed E-state index contributed by atoms with van der Waals surface area (Å²) in [5.74, 6) is 0. The van der Waals surface area contributed by atoms with Gasteiger partial charge in [-0.15, -0.1) is 0 Å². The Balaban J connectivity index is 2.52. The van der Waals surface area contributed by atoms with Gasteiger partial charge in [-0.05, 0) is 19.0 Å². The summed E-state index contributed by atoms with van der Waals surface area (Å²) in [6.45, 7) is 0.504. The number of aromatic nitrogens is 1. The number of rotatable bonds is 3. The number of fused-ring (bicyclic) bond motifs is 1. The second kappa shape index (κ2) is 4.04. The lowest BCUT2D eigenvalue weighted by molar-refractivity contribution is 0.171. The number of aliphatic hydroxyl groups is 1. The van der Waals surface area contributed by atoms with Crippen LogP contribution in [0.5, 0.6) is 0 Å². The predicted molar refractivity (Wildman–Crippen MR) is 61.6 cm³/mol. The lowest BCUT2D eigenvalue weighted by Crippen LogP contribution is -2.06. The van der Waals surface area contributed by atoms with Gasteiger partial charge in [-0.2, -0.15) is 0 Å². The molecule has 1 aromatic heterocycles. The molecule has 2 aromatic rings. The van der Waals surface area contributed by atoms with E-state index in [1.165, 1.54) is 0 Å². The number of nitrogens with zero attached hydrogens (tertiary/aromatic N) is 1. The maximum absolute atomic E-state index is 9.94. The molecule has 1 heterocycles. The summed E-state index contributed by atoms with van der Waals surface area (Å²) < 4.78 is 2.03. The van der Waals surface area contributed by atoms with E-state index in [0.29, 0.717) is 13.0 Å². The topological polar surface area (TPSA) is 51.2 Å². The zero-order valence-electron chi connectivity index (χ0n) is 8.85. The van der Waals surface area contributed by atoms with Crippen LogP contribution >= 0.6 is 0 Å². The van der Waals surface area contributed by atoms with Crippen molar-refractivity contribution < 1.29 is 5.11 Å². The van der Waals surface area contributed by atoms with Crippen LogP contribution in [0, 0.1) is 0 Å². The van der Waals surface area contributed by atoms with Crippen LogP contribution in [0.4, 0.5) is 0 Å². The number of para-hydroxylation sites is 1. The number of hydrogen-bond acceptors (Lipinski definition) is 2. The largest absolute Gasteiger partial charge is 0.388 e. The fraction of sp³-hybridized carbons (Fsp3) is 0.333. The predicted octanol–water partition coefficient (Wildman–Crippen LogP) is 1.56. The molecule has 1 atom stereocenters. The minimum absolute atomic E-state index is 0.457. The van der Waals surface area contributed by atoms with Crippen LogP contribution in [0.1, 0.15) is 18.1 Å². The Kier molecular flexibility index (Phi) is 2.75. The zero-order valence-corrected chi connectivity index (χ0v) is 8.85. The zero-order chi connectivity index (χ0) is 10.8. The molecule has 0 radical (unpaired) electrons. The highest BCUT2D eigenvalue weighted by molar-refractivity contribution is 5.84. The quantitative estimate of drug-likeness (QED) is 0.797. The highest BCUT2D eigenvalue weighted by atomic mass is 16.3. The minimum Gasteiger partial charge on any atom is -0.388 e. The van der Waals surface area contributed by atoms with E-state index in [9.17, 15) is 5.11 Å². The molecule has 0 aliphatic heterocycles. The molecule has 0 unspecified atom stereocenters. The molecule has 0 amide bonds. The third kappa shape index (κ3) is 1.76. The lowest BCUT2D eigenvalue weighted by Gasteiger charge is -2.07. The fourth-order valence-electron chi connectivity index (χ4n) is 1.95. The Morgan fingerprint density at radius 2 is 2.13 bits per heavy atom. The standard InChI is InChI=1S/C12H16N2O/c1-14-8-10(12(15)6-7-13)9-4-2-3-5-11(9)14/h2-5,8,12,15H,6-7,13H2,1H3/t12-/m1/s1. The van der Waals surface area contributed by atoms with E-state index in [0.717, 1.165) is 16.5 Å². The number of nitrogens with two attached hydrogens (primary N) is 1. The third-order valence-electron chi connectivity index (χ3n) is 2.73. The number of aliphatic hydroxyl groups excluding tert-OH is 1. The summed E-state index contributed by atoms with van der Waals surface area (Å²) >= 11 is 0. The van der Waals surface area contributed by atoms with Gasteiger partial charge in [0.15, 0.2) is 0 Å². The first-order valence-electron chi connectivity index (χ1n) is 5.16. The van der Waals surface area contributed by atoms with Crippen LogP contribution in [0.25, 0.3) is 10.9 Å². The summed E-state index contributed by atoms with van der Waals surface area (Å²) in [6.07, 6.45) is 2.13. The number of hydrogen-bond donors (Lipinski definition) is 2. The molecule has 0 aliphatic rings. The Hall–Kier alpha value is -1.32. The molecule has 0 bridgehead atoms. The van der Waals surface area contributed by atoms with E-state index >= 15 is 0 Å². The normalized spacial score (nSPS) is 13.3. The molecule has 3 N–H and O–H groups in total. The Labute approximate surface area is 89.1 Å². The van der Waals surface area contributed by atoms with Gasteiger partial charge in [0.25, 0.3) is 0 Å². The molecular weight excluding hydrogens is 188 g/mol. The van der Waals surface area contributed by atoms with Crippen molar-refractivity contribution in [3.63, 3.8) is 0 Å². The average Bonchev–Trinajstić information content (AvgIpc) is 2.58. The van der Waals surface area contributed by atoms with Crippen LogP contribution in [0.3, 0.4) is 0 Å². The van der Waals surface area contributed by atoms with Crippen LogP contribution in [0.15, 0.2) is 30.5 Å². The highest BCUT2D eigenvalue weighted by Crippen LogP contribution is 2.27. The van der Waals surface area contributed by atoms with Crippen LogP contribution < -0.4 is 5.73 Å². The molecule has 0 fully saturated rings. The van der Waals surface area contributed by atoms with Crippen molar-refractivity contribution in [1.82, 2.24) is 4.57 Å². The van der Waals surface area contributed by atoms with E-state index in [4.69, 9.17) is 5.73 Å². The molecule has 3 heteroatoms. The average molecular weight is 204 g/mol. The van der Waals surface area contributed by atoms with Crippen molar-refractivity contribution in [3.05, 3.63) is 36.0 Å². The smallest absolute Gasteiger partial charge is 0.0822 e. The summed E-state index contributed by atoms with van der Waals surface area (Å²) in [6, 6.07) is 8.07. The Morgan fingerprint density at radius 3 is 2.87 bits per heavy atom. The molecule has 15 heavy (non-hydrogen) atoms. The van der Waals surface area contributed by atoms with Crippen molar-refractivity contribution in [3.8, 4) is 0 Å². The van der Waals surface area contributed by atoms with Crippen molar-refractivity contribution in [2.45, 2.75) is 12.5 Å². The van der Waals surface area contributed by atoms with E-state index in [-0.39, 0.29) is 0 Å². The second-order valence-corrected chi connectivity index (χ2v) is 3.81. The third-order valence-corrected chi connectivity index (χ3v) is 2.73. The van der Waals surface area contributed by atoms with Crippen LogP contribution in [0.2, 0.25) is 0 Å². The van der Waals surface area contributed by atoms with Crippen molar-refractivity contribution >= 4 is 10.9 Å². The van der Waals surface area contributed by atoms with E-state index in [1.54, 1.807) is 0 Å². The summed E-state index contributed by atoms with van der Waals surface area (Å²) in [5.41, 5.74) is 7.56. The monoisotopic (exact) mass is 204 g/mol. The van der Waals surface area contributed by atoms with Gasteiger partial charge in [0.05, 0.1) is 6.10 Å². The molecular formula is C12H16N2O. The van der Waals surface area contributed by atoms with Crippen molar-refractivity contribution in [2.75, 3.05) is 6.54 Å². The van der Waals surface area contributed by atoms with Gasteiger partial charge >= 0.3 is 0 Å². The van der Waals surface area contributed by atoms with Crippen molar-refractivity contribution in [2.24, 2.45) is 12.8 Å². The van der Waals surface area contributed by atoms with Crippen LogP contribution in [-0.2, 0) is 7.05 Å². The number of aryl methyl sites for hydroxylation is 1. The van der Waals surface area contributed by atoms with Gasteiger partial charge in [0.1, 0.15) is 0 Å². The number of benzene rings is 1. The molecule has 2 rings (SSSR count). The van der Waals surface area contributed by atoms with Gasteiger partial charge in [-0.1, -0.05) is 18.2 Å². The summed E-state index contributed by atoms with van der Waals surface area (Å²) in [4.78, 5) is 0. The Bertz CT molecular complexity index is 462. The first-order chi connectivity index (χ1) is 7.24. The SMILES string of the molecule is Cn1cc([C@H](O)CCN)c2ccccc21. The van der Waals surface area contributed by atoms with E-state index < -0.39 is 6.10 Å². The molecule has 0 spiro atoms. The lowest BCUT2D eigenvalue weighted by atomic mass is 10.1. The maximum Gasteiger partial charge on any atom is 0.0822 e.